The van der Waals surface area contributed by atoms with Crippen LogP contribution >= 0.6 is 11.3 Å². The van der Waals surface area contributed by atoms with Gasteiger partial charge < -0.3 is 10.4 Å². The quantitative estimate of drug-likeness (QED) is 0.793. The highest BCUT2D eigenvalue weighted by molar-refractivity contribution is 7.09. The summed E-state index contributed by atoms with van der Waals surface area (Å²) in [5.41, 5.74) is -0.612. The molecule has 1 aromatic heterocycles. The Morgan fingerprint density at radius 3 is 2.57 bits per heavy atom. The minimum Gasteiger partial charge on any atom is -0.465 e. The zero-order valence-electron chi connectivity index (χ0n) is 13.0. The molecule has 2 N–H and O–H groups in total. The van der Waals surface area contributed by atoms with Gasteiger partial charge in [0.25, 0.3) is 0 Å². The fourth-order valence-corrected chi connectivity index (χ4v) is 2.98. The molecule has 0 aromatic carbocycles. The van der Waals surface area contributed by atoms with Crippen LogP contribution in [-0.4, -0.2) is 40.1 Å². The molecule has 1 rings (SSSR count). The lowest BCUT2D eigenvalue weighted by atomic mass is 10.0. The van der Waals surface area contributed by atoms with E-state index in [0.29, 0.717) is 6.54 Å². The van der Waals surface area contributed by atoms with Crippen molar-refractivity contribution in [2.75, 3.05) is 6.54 Å². The molecule has 5 nitrogen and oxygen atoms in total. The van der Waals surface area contributed by atoms with E-state index in [4.69, 9.17) is 0 Å². The van der Waals surface area contributed by atoms with Crippen LogP contribution in [0.4, 0.5) is 4.79 Å². The van der Waals surface area contributed by atoms with Gasteiger partial charge in [0.15, 0.2) is 0 Å². The molecule has 0 aliphatic carbocycles. The highest BCUT2D eigenvalue weighted by Crippen LogP contribution is 2.17. The van der Waals surface area contributed by atoms with Gasteiger partial charge in [-0.3, -0.25) is 9.69 Å². The van der Waals surface area contributed by atoms with Gasteiger partial charge in [0.05, 0.1) is 0 Å². The Labute approximate surface area is 130 Å². The first kappa shape index (κ1) is 17.5. The molecule has 0 saturated carbocycles. The highest BCUT2D eigenvalue weighted by Gasteiger charge is 2.34. The predicted molar refractivity (Wildman–Crippen MR) is 84.7 cm³/mol. The Bertz CT molecular complexity index is 466. The van der Waals surface area contributed by atoms with Gasteiger partial charge in [-0.1, -0.05) is 6.07 Å². The van der Waals surface area contributed by atoms with Gasteiger partial charge in [0.1, 0.15) is 6.04 Å². The lowest BCUT2D eigenvalue weighted by Crippen LogP contribution is -2.55. The minimum absolute atomic E-state index is 0.251. The summed E-state index contributed by atoms with van der Waals surface area (Å²) in [4.78, 5) is 25.9. The molecule has 1 heterocycles. The van der Waals surface area contributed by atoms with E-state index in [-0.39, 0.29) is 5.91 Å². The number of aryl methyl sites for hydroxylation is 1. The van der Waals surface area contributed by atoms with Crippen LogP contribution in [0.25, 0.3) is 0 Å². The monoisotopic (exact) mass is 312 g/mol. The third-order valence-corrected chi connectivity index (χ3v) is 4.11. The summed E-state index contributed by atoms with van der Waals surface area (Å²) in [6, 6.07) is 3.37. The number of thiophene rings is 1. The Kier molecular flexibility index (Phi) is 6.20. The molecule has 1 atom stereocenters. The van der Waals surface area contributed by atoms with Crippen molar-refractivity contribution >= 4 is 23.3 Å². The molecule has 2 amide bonds. The first-order valence-corrected chi connectivity index (χ1v) is 7.94. The molecule has 0 unspecified atom stereocenters. The zero-order chi connectivity index (χ0) is 16.0. The number of amides is 2. The summed E-state index contributed by atoms with van der Waals surface area (Å²) in [7, 11) is 0. The number of hydrogen-bond donors (Lipinski definition) is 2. The number of carboxylic acid groups (broad SMARTS) is 1. The molecular weight excluding hydrogens is 288 g/mol. The van der Waals surface area contributed by atoms with Crippen molar-refractivity contribution < 1.29 is 14.7 Å². The Balaban J connectivity index is 2.44. The number of carbonyl (C=O) groups is 2. The standard InChI is InChI=1S/C15H24N2O3S/c1-11(17(14(19)20)15(2,3)4)13(18)16-9-5-7-12-8-6-10-21-12/h6,8,10-11H,5,7,9H2,1-4H3,(H,16,18)(H,19,20)/t11-/m1/s1. The second kappa shape index (κ2) is 7.45. The minimum atomic E-state index is -1.08. The highest BCUT2D eigenvalue weighted by atomic mass is 32.1. The molecule has 0 radical (unpaired) electrons. The summed E-state index contributed by atoms with van der Waals surface area (Å²) >= 11 is 1.70. The van der Waals surface area contributed by atoms with E-state index in [1.807, 2.05) is 11.4 Å². The maximum Gasteiger partial charge on any atom is 0.408 e. The molecule has 0 spiro atoms. The van der Waals surface area contributed by atoms with E-state index < -0.39 is 17.7 Å². The second-order valence-corrected chi connectivity index (χ2v) is 7.01. The van der Waals surface area contributed by atoms with Crippen LogP contribution in [-0.2, 0) is 11.2 Å². The van der Waals surface area contributed by atoms with Crippen LogP contribution in [0.15, 0.2) is 17.5 Å². The van der Waals surface area contributed by atoms with E-state index in [0.717, 1.165) is 12.8 Å². The topological polar surface area (TPSA) is 69.6 Å². The molecule has 0 aliphatic rings. The molecule has 6 heteroatoms. The van der Waals surface area contributed by atoms with Crippen LogP contribution in [0.3, 0.4) is 0 Å². The van der Waals surface area contributed by atoms with E-state index >= 15 is 0 Å². The Morgan fingerprint density at radius 2 is 2.10 bits per heavy atom. The van der Waals surface area contributed by atoms with E-state index in [1.165, 1.54) is 9.78 Å². The molecular formula is C15H24N2O3S. The average molecular weight is 312 g/mol. The van der Waals surface area contributed by atoms with Crippen LogP contribution < -0.4 is 5.32 Å². The van der Waals surface area contributed by atoms with Crippen molar-refractivity contribution in [2.24, 2.45) is 0 Å². The van der Waals surface area contributed by atoms with Gasteiger partial charge >= 0.3 is 6.09 Å². The fraction of sp³-hybridized carbons (Fsp3) is 0.600. The Hall–Kier alpha value is -1.56. The average Bonchev–Trinajstić information content (AvgIpc) is 2.85. The summed E-state index contributed by atoms with van der Waals surface area (Å²) < 4.78 is 0. The van der Waals surface area contributed by atoms with Gasteiger partial charge in [-0.15, -0.1) is 11.3 Å². The van der Waals surface area contributed by atoms with Crippen molar-refractivity contribution in [3.8, 4) is 0 Å². The summed E-state index contributed by atoms with van der Waals surface area (Å²) in [5.74, 6) is -0.251. The number of carbonyl (C=O) groups excluding carboxylic acids is 1. The second-order valence-electron chi connectivity index (χ2n) is 5.97. The van der Waals surface area contributed by atoms with E-state index in [2.05, 4.69) is 11.4 Å². The van der Waals surface area contributed by atoms with E-state index in [9.17, 15) is 14.7 Å². The molecule has 21 heavy (non-hydrogen) atoms. The first-order valence-electron chi connectivity index (χ1n) is 7.06. The molecule has 118 valence electrons. The zero-order valence-corrected chi connectivity index (χ0v) is 13.9. The number of hydrogen-bond acceptors (Lipinski definition) is 3. The van der Waals surface area contributed by atoms with Gasteiger partial charge in [0.2, 0.25) is 5.91 Å². The smallest absolute Gasteiger partial charge is 0.408 e. The van der Waals surface area contributed by atoms with Gasteiger partial charge in [-0.05, 0) is 52.0 Å². The normalized spacial score (nSPS) is 12.8. The van der Waals surface area contributed by atoms with Crippen molar-refractivity contribution in [3.05, 3.63) is 22.4 Å². The first-order chi connectivity index (χ1) is 9.73. The van der Waals surface area contributed by atoms with Gasteiger partial charge in [-0.25, -0.2) is 4.79 Å². The number of nitrogens with one attached hydrogen (secondary N) is 1. The lowest BCUT2D eigenvalue weighted by Gasteiger charge is -2.37. The molecule has 0 bridgehead atoms. The van der Waals surface area contributed by atoms with Gasteiger partial charge in [-0.2, -0.15) is 0 Å². The van der Waals surface area contributed by atoms with Crippen molar-refractivity contribution in [1.29, 1.82) is 0 Å². The van der Waals surface area contributed by atoms with Crippen LogP contribution in [0.1, 0.15) is 39.0 Å². The van der Waals surface area contributed by atoms with Gasteiger partial charge in [0, 0.05) is 17.0 Å². The molecule has 0 fully saturated rings. The molecule has 1 aromatic rings. The van der Waals surface area contributed by atoms with Crippen molar-refractivity contribution in [1.82, 2.24) is 10.2 Å². The molecule has 0 saturated heterocycles. The number of nitrogens with zero attached hydrogens (tertiary/aromatic N) is 1. The predicted octanol–water partition coefficient (Wildman–Crippen LogP) is 2.96. The SMILES string of the molecule is C[C@H](C(=O)NCCCc1cccs1)N(C(=O)O)C(C)(C)C. The third kappa shape index (κ3) is 5.38. The van der Waals surface area contributed by atoms with Crippen LogP contribution in [0.5, 0.6) is 0 Å². The maximum absolute atomic E-state index is 12.1. The third-order valence-electron chi connectivity index (χ3n) is 3.17. The van der Waals surface area contributed by atoms with Crippen LogP contribution in [0, 0.1) is 0 Å². The molecule has 0 aliphatic heterocycles. The van der Waals surface area contributed by atoms with Crippen molar-refractivity contribution in [3.63, 3.8) is 0 Å². The van der Waals surface area contributed by atoms with Crippen LogP contribution in [0.2, 0.25) is 0 Å². The summed E-state index contributed by atoms with van der Waals surface area (Å²) in [5, 5.41) is 14.1. The summed E-state index contributed by atoms with van der Waals surface area (Å²) in [6.07, 6.45) is 0.694. The van der Waals surface area contributed by atoms with E-state index in [1.54, 1.807) is 39.0 Å². The maximum atomic E-state index is 12.1. The fourth-order valence-electron chi connectivity index (χ4n) is 2.23. The van der Waals surface area contributed by atoms with Crippen molar-refractivity contribution in [2.45, 2.75) is 52.1 Å². The number of rotatable bonds is 6. The Morgan fingerprint density at radius 1 is 1.43 bits per heavy atom. The largest absolute Gasteiger partial charge is 0.465 e. The summed E-state index contributed by atoms with van der Waals surface area (Å²) in [6.45, 7) is 7.51. The lowest BCUT2D eigenvalue weighted by molar-refractivity contribution is -0.126.